The average molecular weight is 269 g/mol. The molecule has 0 bridgehead atoms. The summed E-state index contributed by atoms with van der Waals surface area (Å²) in [6.45, 7) is 5.40. The number of hydrogen-bond donors (Lipinski definition) is 3. The van der Waals surface area contributed by atoms with Crippen LogP contribution < -0.4 is 5.32 Å². The highest BCUT2D eigenvalue weighted by Gasteiger charge is 2.16. The summed E-state index contributed by atoms with van der Waals surface area (Å²) in [4.78, 5) is 11.6. The minimum Gasteiger partial charge on any atom is -0.508 e. The van der Waals surface area contributed by atoms with Crippen molar-refractivity contribution in [3.63, 3.8) is 0 Å². The Morgan fingerprint density at radius 3 is 2.67 bits per heavy atom. The standard InChI is InChI=1S/C13H19NO3S/c1-13(2,3)17-12(16)14-10-4-5-11(15)9(8-10)6-7-18/h4-5,8,15,18H,6-7H2,1-3H3,(H,14,16). The Balaban J connectivity index is 2.73. The van der Waals surface area contributed by atoms with Crippen molar-refractivity contribution in [2.45, 2.75) is 32.8 Å². The second-order valence-electron chi connectivity index (χ2n) is 4.94. The number of nitrogens with one attached hydrogen (secondary N) is 1. The summed E-state index contributed by atoms with van der Waals surface area (Å²) in [5.74, 6) is 0.836. The predicted octanol–water partition coefficient (Wildman–Crippen LogP) is 3.21. The van der Waals surface area contributed by atoms with Gasteiger partial charge in [-0.25, -0.2) is 4.79 Å². The van der Waals surface area contributed by atoms with Crippen molar-refractivity contribution in [3.8, 4) is 5.75 Å². The van der Waals surface area contributed by atoms with Crippen molar-refractivity contribution in [1.82, 2.24) is 0 Å². The van der Waals surface area contributed by atoms with Crippen molar-refractivity contribution < 1.29 is 14.6 Å². The van der Waals surface area contributed by atoms with Crippen molar-refractivity contribution in [1.29, 1.82) is 0 Å². The number of carbonyl (C=O) groups excluding carboxylic acids is 1. The van der Waals surface area contributed by atoms with Gasteiger partial charge in [-0.2, -0.15) is 12.6 Å². The van der Waals surface area contributed by atoms with Crippen LogP contribution in [0.15, 0.2) is 18.2 Å². The third kappa shape index (κ3) is 4.87. The van der Waals surface area contributed by atoms with E-state index >= 15 is 0 Å². The van der Waals surface area contributed by atoms with Gasteiger partial charge in [0.15, 0.2) is 0 Å². The number of amides is 1. The zero-order valence-corrected chi connectivity index (χ0v) is 11.8. The van der Waals surface area contributed by atoms with E-state index in [1.165, 1.54) is 0 Å². The quantitative estimate of drug-likeness (QED) is 0.583. The molecule has 5 heteroatoms. The van der Waals surface area contributed by atoms with Crippen LogP contribution in [0.1, 0.15) is 26.3 Å². The lowest BCUT2D eigenvalue weighted by Gasteiger charge is -2.19. The number of anilines is 1. The average Bonchev–Trinajstić information content (AvgIpc) is 2.20. The first kappa shape index (κ1) is 14.7. The van der Waals surface area contributed by atoms with Crippen LogP contribution in [0.25, 0.3) is 0 Å². The van der Waals surface area contributed by atoms with E-state index in [1.807, 2.05) is 0 Å². The molecule has 0 radical (unpaired) electrons. The first-order chi connectivity index (χ1) is 8.31. The maximum Gasteiger partial charge on any atom is 0.412 e. The van der Waals surface area contributed by atoms with Gasteiger partial charge in [-0.1, -0.05) is 0 Å². The van der Waals surface area contributed by atoms with Gasteiger partial charge < -0.3 is 9.84 Å². The number of ether oxygens (including phenoxy) is 1. The molecule has 0 saturated heterocycles. The third-order valence-electron chi connectivity index (χ3n) is 2.11. The fourth-order valence-electron chi connectivity index (χ4n) is 1.41. The molecule has 0 aliphatic rings. The highest BCUT2D eigenvalue weighted by molar-refractivity contribution is 7.80. The van der Waals surface area contributed by atoms with Crippen molar-refractivity contribution in [2.75, 3.05) is 11.1 Å². The van der Waals surface area contributed by atoms with E-state index in [4.69, 9.17) is 4.74 Å². The highest BCUT2D eigenvalue weighted by atomic mass is 32.1. The Hall–Kier alpha value is -1.36. The Labute approximate surface area is 113 Å². The lowest BCUT2D eigenvalue weighted by atomic mass is 10.1. The molecule has 0 aromatic heterocycles. The smallest absolute Gasteiger partial charge is 0.412 e. The predicted molar refractivity (Wildman–Crippen MR) is 75.5 cm³/mol. The molecule has 0 aliphatic heterocycles. The summed E-state index contributed by atoms with van der Waals surface area (Å²) in [5.41, 5.74) is 0.812. The lowest BCUT2D eigenvalue weighted by molar-refractivity contribution is 0.0636. The first-order valence-electron chi connectivity index (χ1n) is 5.74. The van der Waals surface area contributed by atoms with Gasteiger partial charge in [0.1, 0.15) is 11.4 Å². The molecular formula is C13H19NO3S. The van der Waals surface area contributed by atoms with E-state index in [-0.39, 0.29) is 5.75 Å². The second-order valence-corrected chi connectivity index (χ2v) is 5.39. The number of phenols is 1. The molecular weight excluding hydrogens is 250 g/mol. The maximum atomic E-state index is 11.6. The molecule has 1 aromatic carbocycles. The largest absolute Gasteiger partial charge is 0.508 e. The van der Waals surface area contributed by atoms with Crippen LogP contribution in [0, 0.1) is 0 Å². The minimum atomic E-state index is -0.533. The molecule has 0 saturated carbocycles. The summed E-state index contributed by atoms with van der Waals surface area (Å²) in [7, 11) is 0. The molecule has 18 heavy (non-hydrogen) atoms. The summed E-state index contributed by atoms with van der Waals surface area (Å²) >= 11 is 4.12. The molecule has 100 valence electrons. The topological polar surface area (TPSA) is 58.6 Å². The molecule has 0 aliphatic carbocycles. The molecule has 1 aromatic rings. The Bertz CT molecular complexity index is 427. The molecule has 1 rings (SSSR count). The number of phenolic OH excluding ortho intramolecular Hbond substituents is 1. The normalized spacial score (nSPS) is 11.1. The fraction of sp³-hybridized carbons (Fsp3) is 0.462. The van der Waals surface area contributed by atoms with E-state index in [0.29, 0.717) is 17.9 Å². The van der Waals surface area contributed by atoms with E-state index in [1.54, 1.807) is 39.0 Å². The van der Waals surface area contributed by atoms with Crippen LogP contribution in [0.3, 0.4) is 0 Å². The van der Waals surface area contributed by atoms with Crippen LogP contribution in [0.2, 0.25) is 0 Å². The molecule has 4 nitrogen and oxygen atoms in total. The van der Waals surface area contributed by atoms with E-state index in [0.717, 1.165) is 5.56 Å². The maximum absolute atomic E-state index is 11.6. The van der Waals surface area contributed by atoms with Crippen molar-refractivity contribution >= 4 is 24.4 Å². The summed E-state index contributed by atoms with van der Waals surface area (Å²) in [5, 5.41) is 12.2. The Morgan fingerprint density at radius 2 is 2.11 bits per heavy atom. The van der Waals surface area contributed by atoms with Gasteiger partial charge in [0.25, 0.3) is 0 Å². The van der Waals surface area contributed by atoms with Gasteiger partial charge >= 0.3 is 6.09 Å². The van der Waals surface area contributed by atoms with Gasteiger partial charge in [0.05, 0.1) is 0 Å². The van der Waals surface area contributed by atoms with Crippen LogP contribution in [0.5, 0.6) is 5.75 Å². The van der Waals surface area contributed by atoms with Crippen LogP contribution in [0.4, 0.5) is 10.5 Å². The summed E-state index contributed by atoms with van der Waals surface area (Å²) < 4.78 is 5.14. The molecule has 2 N–H and O–H groups in total. The number of aryl methyl sites for hydroxylation is 1. The number of hydrogen-bond acceptors (Lipinski definition) is 4. The number of rotatable bonds is 3. The van der Waals surface area contributed by atoms with Crippen LogP contribution >= 0.6 is 12.6 Å². The Kier molecular flexibility index (Phi) is 4.90. The van der Waals surface area contributed by atoms with Crippen LogP contribution in [-0.4, -0.2) is 22.6 Å². The number of benzene rings is 1. The molecule has 0 unspecified atom stereocenters. The minimum absolute atomic E-state index is 0.207. The van der Waals surface area contributed by atoms with E-state index in [2.05, 4.69) is 17.9 Å². The van der Waals surface area contributed by atoms with Crippen LogP contribution in [-0.2, 0) is 11.2 Å². The molecule has 0 heterocycles. The number of aromatic hydroxyl groups is 1. The summed E-state index contributed by atoms with van der Waals surface area (Å²) in [6, 6.07) is 4.89. The lowest BCUT2D eigenvalue weighted by Crippen LogP contribution is -2.27. The Morgan fingerprint density at radius 1 is 1.44 bits per heavy atom. The van der Waals surface area contributed by atoms with Crippen molar-refractivity contribution in [3.05, 3.63) is 23.8 Å². The molecule has 0 fully saturated rings. The van der Waals surface area contributed by atoms with Gasteiger partial charge in [-0.3, -0.25) is 5.32 Å². The molecule has 0 spiro atoms. The van der Waals surface area contributed by atoms with Gasteiger partial charge in [-0.05, 0) is 56.7 Å². The third-order valence-corrected chi connectivity index (χ3v) is 2.33. The molecule has 0 atom stereocenters. The van der Waals surface area contributed by atoms with Gasteiger partial charge in [0, 0.05) is 5.69 Å². The zero-order chi connectivity index (χ0) is 13.8. The first-order valence-corrected chi connectivity index (χ1v) is 6.38. The van der Waals surface area contributed by atoms with Gasteiger partial charge in [0.2, 0.25) is 0 Å². The second kappa shape index (κ2) is 6.00. The van der Waals surface area contributed by atoms with Gasteiger partial charge in [-0.15, -0.1) is 0 Å². The fourth-order valence-corrected chi connectivity index (χ4v) is 1.65. The SMILES string of the molecule is CC(C)(C)OC(=O)Nc1ccc(O)c(CCS)c1. The number of carbonyl (C=O) groups is 1. The van der Waals surface area contributed by atoms with E-state index < -0.39 is 11.7 Å². The number of thiol groups is 1. The molecule has 1 amide bonds. The van der Waals surface area contributed by atoms with Crippen molar-refractivity contribution in [2.24, 2.45) is 0 Å². The summed E-state index contributed by atoms with van der Waals surface area (Å²) in [6.07, 6.45) is 0.128. The zero-order valence-electron chi connectivity index (χ0n) is 10.9. The highest BCUT2D eigenvalue weighted by Crippen LogP contribution is 2.22. The van der Waals surface area contributed by atoms with E-state index in [9.17, 15) is 9.90 Å². The monoisotopic (exact) mass is 269 g/mol.